The molecule has 0 radical (unpaired) electrons. The minimum atomic E-state index is 0.634. The maximum Gasteiger partial charge on any atom is 0.144 e. The minimum Gasteiger partial charge on any atom is -0.299 e. The molecule has 1 heterocycles. The van der Waals surface area contributed by atoms with E-state index < -0.39 is 0 Å². The maximum absolute atomic E-state index is 4.84. The lowest BCUT2D eigenvalue weighted by atomic mass is 9.84. The molecule has 2 heteroatoms. The predicted octanol–water partition coefficient (Wildman–Crippen LogP) is 8.52. The lowest BCUT2D eigenvalue weighted by Gasteiger charge is -2.26. The monoisotopic (exact) mass is 432 g/mol. The molecule has 6 rings (SSSR count). The third-order valence-corrected chi connectivity index (χ3v) is 7.78. The van der Waals surface area contributed by atoms with Crippen molar-refractivity contribution >= 4 is 0 Å². The normalized spacial score (nSPS) is 17.1. The Morgan fingerprint density at radius 2 is 1.12 bits per heavy atom. The van der Waals surface area contributed by atoms with Gasteiger partial charge in [0.15, 0.2) is 0 Å². The van der Waals surface area contributed by atoms with E-state index in [1.807, 2.05) is 6.20 Å². The summed E-state index contributed by atoms with van der Waals surface area (Å²) in [5.41, 5.74) is 8.38. The number of hydrogen-bond donors (Lipinski definition) is 0. The largest absolute Gasteiger partial charge is 0.299 e. The van der Waals surface area contributed by atoms with Gasteiger partial charge in [-0.3, -0.25) is 4.57 Å². The van der Waals surface area contributed by atoms with Crippen LogP contribution in [0.2, 0.25) is 0 Å². The van der Waals surface area contributed by atoms with Gasteiger partial charge in [0.25, 0.3) is 0 Å². The smallest absolute Gasteiger partial charge is 0.144 e. The van der Waals surface area contributed by atoms with Gasteiger partial charge >= 0.3 is 0 Å². The summed E-state index contributed by atoms with van der Waals surface area (Å²) in [5.74, 6) is 2.33. The molecular weight excluding hydrogens is 400 g/mol. The molecule has 3 aromatic carbocycles. The fraction of sp³-hybridized carbons (Fsp3) is 0.323. The van der Waals surface area contributed by atoms with E-state index in [0.29, 0.717) is 11.8 Å². The van der Waals surface area contributed by atoms with Crippen molar-refractivity contribution in [2.45, 2.75) is 63.2 Å². The Labute approximate surface area is 197 Å². The highest BCUT2D eigenvalue weighted by atomic mass is 15.1. The van der Waals surface area contributed by atoms with Crippen LogP contribution in [0.3, 0.4) is 0 Å². The summed E-state index contributed by atoms with van der Waals surface area (Å²) < 4.78 is 2.41. The van der Waals surface area contributed by atoms with Crippen LogP contribution in [-0.2, 0) is 0 Å². The lowest BCUT2D eigenvalue weighted by molar-refractivity contribution is 0.689. The van der Waals surface area contributed by atoms with Crippen molar-refractivity contribution in [1.82, 2.24) is 9.55 Å². The van der Waals surface area contributed by atoms with Crippen molar-refractivity contribution in [3.63, 3.8) is 0 Å². The van der Waals surface area contributed by atoms with Gasteiger partial charge in [-0.05, 0) is 71.9 Å². The highest BCUT2D eigenvalue weighted by molar-refractivity contribution is 5.71. The number of rotatable bonds is 5. The molecule has 0 atom stereocenters. The quantitative estimate of drug-likeness (QED) is 0.309. The number of hydrogen-bond acceptors (Lipinski definition) is 1. The van der Waals surface area contributed by atoms with Crippen molar-refractivity contribution in [2.75, 3.05) is 0 Å². The minimum absolute atomic E-state index is 0.634. The Morgan fingerprint density at radius 3 is 1.67 bits per heavy atom. The SMILES string of the molecule is c1ccc(-c2cc(C3CCCC3)c(-n3ccnc3-c3ccccc3)c(C3CCCC3)c2)cc1. The molecular formula is C31H32N2. The first-order chi connectivity index (χ1) is 16.4. The average Bonchev–Trinajstić information content (AvgIpc) is 3.67. The Kier molecular flexibility index (Phi) is 5.59. The molecule has 2 fully saturated rings. The van der Waals surface area contributed by atoms with Crippen LogP contribution in [0, 0.1) is 0 Å². The Morgan fingerprint density at radius 1 is 0.606 bits per heavy atom. The van der Waals surface area contributed by atoms with Crippen LogP contribution in [0.1, 0.15) is 74.3 Å². The zero-order valence-corrected chi connectivity index (χ0v) is 19.3. The van der Waals surface area contributed by atoms with Crippen LogP contribution >= 0.6 is 0 Å². The molecule has 2 aliphatic rings. The molecule has 33 heavy (non-hydrogen) atoms. The summed E-state index contributed by atoms with van der Waals surface area (Å²) in [6.45, 7) is 0. The fourth-order valence-corrected chi connectivity index (χ4v) is 6.14. The van der Waals surface area contributed by atoms with Crippen molar-refractivity contribution in [1.29, 1.82) is 0 Å². The van der Waals surface area contributed by atoms with Crippen LogP contribution in [0.15, 0.2) is 85.2 Å². The van der Waals surface area contributed by atoms with E-state index in [2.05, 4.69) is 83.6 Å². The van der Waals surface area contributed by atoms with E-state index in [1.165, 1.54) is 84.9 Å². The van der Waals surface area contributed by atoms with Gasteiger partial charge in [0.1, 0.15) is 5.82 Å². The molecule has 0 bridgehead atoms. The predicted molar refractivity (Wildman–Crippen MR) is 137 cm³/mol. The second kappa shape index (κ2) is 9.02. The second-order valence-electron chi connectivity index (χ2n) is 9.82. The van der Waals surface area contributed by atoms with Gasteiger partial charge in [-0.15, -0.1) is 0 Å². The van der Waals surface area contributed by atoms with Gasteiger partial charge in [0.05, 0.1) is 5.69 Å². The second-order valence-corrected chi connectivity index (χ2v) is 9.82. The summed E-state index contributed by atoms with van der Waals surface area (Å²) in [6, 6.07) is 26.7. The van der Waals surface area contributed by atoms with Gasteiger partial charge in [-0.2, -0.15) is 0 Å². The van der Waals surface area contributed by atoms with Crippen molar-refractivity contribution in [3.05, 3.63) is 96.3 Å². The first-order valence-electron chi connectivity index (χ1n) is 12.7. The van der Waals surface area contributed by atoms with E-state index in [4.69, 9.17) is 4.98 Å². The van der Waals surface area contributed by atoms with E-state index >= 15 is 0 Å². The summed E-state index contributed by atoms with van der Waals surface area (Å²) in [4.78, 5) is 4.84. The topological polar surface area (TPSA) is 17.8 Å². The highest BCUT2D eigenvalue weighted by Gasteiger charge is 2.29. The fourth-order valence-electron chi connectivity index (χ4n) is 6.14. The van der Waals surface area contributed by atoms with Crippen molar-refractivity contribution < 1.29 is 0 Å². The third kappa shape index (κ3) is 3.93. The molecule has 0 aliphatic heterocycles. The number of benzene rings is 3. The molecule has 2 aliphatic carbocycles. The summed E-state index contributed by atoms with van der Waals surface area (Å²) >= 11 is 0. The molecule has 0 spiro atoms. The highest BCUT2D eigenvalue weighted by Crippen LogP contribution is 2.46. The molecule has 166 valence electrons. The molecule has 1 aromatic heterocycles. The zero-order valence-electron chi connectivity index (χ0n) is 19.3. The van der Waals surface area contributed by atoms with Crippen molar-refractivity contribution in [3.8, 4) is 28.2 Å². The van der Waals surface area contributed by atoms with Gasteiger partial charge in [-0.25, -0.2) is 4.98 Å². The average molecular weight is 433 g/mol. The van der Waals surface area contributed by atoms with Crippen molar-refractivity contribution in [2.24, 2.45) is 0 Å². The van der Waals surface area contributed by atoms with Crippen LogP contribution < -0.4 is 0 Å². The van der Waals surface area contributed by atoms with E-state index in [1.54, 1.807) is 0 Å². The number of nitrogens with zero attached hydrogens (tertiary/aromatic N) is 2. The van der Waals surface area contributed by atoms with Crippen LogP contribution in [0.25, 0.3) is 28.2 Å². The summed E-state index contributed by atoms with van der Waals surface area (Å²) in [7, 11) is 0. The Bertz CT molecular complexity index is 1170. The zero-order chi connectivity index (χ0) is 22.0. The van der Waals surface area contributed by atoms with Crippen LogP contribution in [0.4, 0.5) is 0 Å². The standard InChI is InChI=1S/C31H32N2/c1-3-11-23(12-4-1)27-21-28(24-13-7-8-14-24)30(29(22-27)25-15-9-10-16-25)33-20-19-32-31(33)26-17-5-2-6-18-26/h1-6,11-12,17-22,24-25H,7-10,13-16H2. The molecule has 2 nitrogen and oxygen atoms in total. The first kappa shape index (κ1) is 20.5. The van der Waals surface area contributed by atoms with Gasteiger partial charge in [-0.1, -0.05) is 86.3 Å². The van der Waals surface area contributed by atoms with E-state index in [9.17, 15) is 0 Å². The maximum atomic E-state index is 4.84. The third-order valence-electron chi connectivity index (χ3n) is 7.78. The molecule has 0 amide bonds. The van der Waals surface area contributed by atoms with Gasteiger partial charge < -0.3 is 0 Å². The molecule has 0 N–H and O–H groups in total. The van der Waals surface area contributed by atoms with Gasteiger partial charge in [0.2, 0.25) is 0 Å². The Hall–Kier alpha value is -3.13. The summed E-state index contributed by atoms with van der Waals surface area (Å²) in [6.07, 6.45) is 14.7. The molecule has 0 unspecified atom stereocenters. The van der Waals surface area contributed by atoms with Crippen LogP contribution in [0.5, 0.6) is 0 Å². The summed E-state index contributed by atoms with van der Waals surface area (Å²) in [5, 5.41) is 0. The Balaban J connectivity index is 1.61. The number of imidazole rings is 1. The number of aromatic nitrogens is 2. The first-order valence-corrected chi connectivity index (χ1v) is 12.7. The van der Waals surface area contributed by atoms with Gasteiger partial charge in [0, 0.05) is 18.0 Å². The van der Waals surface area contributed by atoms with E-state index in [0.717, 1.165) is 5.82 Å². The van der Waals surface area contributed by atoms with Crippen LogP contribution in [-0.4, -0.2) is 9.55 Å². The molecule has 0 saturated heterocycles. The lowest BCUT2D eigenvalue weighted by Crippen LogP contribution is -2.10. The molecule has 2 saturated carbocycles. The molecule has 4 aromatic rings. The van der Waals surface area contributed by atoms with E-state index in [-0.39, 0.29) is 0 Å².